The van der Waals surface area contributed by atoms with Crippen LogP contribution in [0.3, 0.4) is 0 Å². The Hall–Kier alpha value is -1.95. The molecule has 6 nitrogen and oxygen atoms in total. The Bertz CT molecular complexity index is 779. The first-order valence-corrected chi connectivity index (χ1v) is 9.21. The molecule has 1 unspecified atom stereocenters. The van der Waals surface area contributed by atoms with Gasteiger partial charge in [-0.3, -0.25) is 4.79 Å². The molecule has 2 aromatic heterocycles. The summed E-state index contributed by atoms with van der Waals surface area (Å²) >= 11 is 0. The Kier molecular flexibility index (Phi) is 4.82. The second-order valence-corrected chi connectivity index (χ2v) is 7.66. The van der Waals surface area contributed by atoms with Gasteiger partial charge in [-0.15, -0.1) is 0 Å². The highest BCUT2D eigenvalue weighted by Gasteiger charge is 2.32. The molecule has 3 rings (SSSR count). The molecule has 1 fully saturated rings. The average Bonchev–Trinajstić information content (AvgIpc) is 3.36. The number of carbonyl (C=O) groups excluding carboxylic acids is 1. The zero-order chi connectivity index (χ0) is 18.2. The summed E-state index contributed by atoms with van der Waals surface area (Å²) in [6.07, 6.45) is 3.92. The van der Waals surface area contributed by atoms with Crippen molar-refractivity contribution in [1.29, 1.82) is 0 Å². The molecule has 0 aliphatic heterocycles. The molecule has 3 N–H and O–H groups in total. The highest BCUT2D eigenvalue weighted by Crippen LogP contribution is 2.40. The van der Waals surface area contributed by atoms with Crippen LogP contribution in [0.15, 0.2) is 10.6 Å². The van der Waals surface area contributed by atoms with Crippen LogP contribution in [0.5, 0.6) is 0 Å². The maximum atomic E-state index is 13.1. The molecule has 1 aliphatic rings. The molecule has 136 valence electrons. The van der Waals surface area contributed by atoms with Crippen LogP contribution in [0.1, 0.15) is 74.6 Å². The van der Waals surface area contributed by atoms with Crippen molar-refractivity contribution in [3.8, 4) is 0 Å². The van der Waals surface area contributed by atoms with Crippen LogP contribution in [0.4, 0.5) is 0 Å². The van der Waals surface area contributed by atoms with Gasteiger partial charge in [-0.25, -0.2) is 4.98 Å². The number of aromatic nitrogens is 2. The van der Waals surface area contributed by atoms with Crippen LogP contribution in [-0.4, -0.2) is 28.1 Å². The van der Waals surface area contributed by atoms with E-state index < -0.39 is 5.54 Å². The molecule has 0 bridgehead atoms. The summed E-state index contributed by atoms with van der Waals surface area (Å²) in [6, 6.07) is 1.92. The van der Waals surface area contributed by atoms with Crippen molar-refractivity contribution in [3.63, 3.8) is 0 Å². The van der Waals surface area contributed by atoms with Crippen molar-refractivity contribution in [2.24, 2.45) is 11.7 Å². The zero-order valence-electron chi connectivity index (χ0n) is 15.6. The molecule has 2 aromatic rings. The fourth-order valence-electron chi connectivity index (χ4n) is 2.96. The number of pyridine rings is 1. The first-order valence-electron chi connectivity index (χ1n) is 9.21. The molecule has 6 heteroatoms. The quantitative estimate of drug-likeness (QED) is 0.804. The van der Waals surface area contributed by atoms with E-state index in [9.17, 15) is 4.79 Å². The molecule has 1 atom stereocenters. The largest absolute Gasteiger partial charge is 0.345 e. The topological polar surface area (TPSA) is 94.0 Å². The number of amides is 1. The van der Waals surface area contributed by atoms with E-state index in [4.69, 9.17) is 10.3 Å². The molecule has 0 saturated heterocycles. The van der Waals surface area contributed by atoms with Gasteiger partial charge in [-0.05, 0) is 38.2 Å². The van der Waals surface area contributed by atoms with Crippen LogP contribution in [-0.2, 0) is 6.42 Å². The summed E-state index contributed by atoms with van der Waals surface area (Å²) in [5, 5.41) is 8.04. The van der Waals surface area contributed by atoms with Crippen molar-refractivity contribution in [3.05, 3.63) is 23.0 Å². The third-order valence-electron chi connectivity index (χ3n) is 5.36. The van der Waals surface area contributed by atoms with Gasteiger partial charge in [0, 0.05) is 18.2 Å². The third kappa shape index (κ3) is 3.40. The summed E-state index contributed by atoms with van der Waals surface area (Å²) in [5.74, 6) is 0.525. The minimum Gasteiger partial charge on any atom is -0.345 e. The summed E-state index contributed by atoms with van der Waals surface area (Å²) < 4.78 is 5.45. The van der Waals surface area contributed by atoms with E-state index in [1.807, 2.05) is 13.0 Å². The Morgan fingerprint density at radius 3 is 2.76 bits per heavy atom. The number of nitrogens with two attached hydrogens (primary N) is 1. The van der Waals surface area contributed by atoms with Crippen molar-refractivity contribution in [1.82, 2.24) is 15.5 Å². The van der Waals surface area contributed by atoms with Gasteiger partial charge in [-0.1, -0.05) is 32.3 Å². The fourth-order valence-corrected chi connectivity index (χ4v) is 2.96. The summed E-state index contributed by atoms with van der Waals surface area (Å²) in [7, 11) is 0. The van der Waals surface area contributed by atoms with E-state index in [1.54, 1.807) is 0 Å². The van der Waals surface area contributed by atoms with Gasteiger partial charge in [0.05, 0.1) is 22.2 Å². The molecule has 25 heavy (non-hydrogen) atoms. The van der Waals surface area contributed by atoms with E-state index in [-0.39, 0.29) is 11.8 Å². The Morgan fingerprint density at radius 1 is 1.48 bits per heavy atom. The standard InChI is InChI=1S/C19H28N4O2/c1-5-6-14-16-13(17(24)22-19(4,10-20)11(2)3)9-15(12-7-8-12)21-18(16)25-23-14/h9,11-12H,5-8,10,20H2,1-4H3,(H,22,24). The fraction of sp³-hybridized carbons (Fsp3) is 0.632. The minimum absolute atomic E-state index is 0.128. The van der Waals surface area contributed by atoms with Crippen LogP contribution in [0.2, 0.25) is 0 Å². The van der Waals surface area contributed by atoms with Gasteiger partial charge < -0.3 is 15.6 Å². The van der Waals surface area contributed by atoms with E-state index in [0.717, 1.165) is 42.5 Å². The lowest BCUT2D eigenvalue weighted by Crippen LogP contribution is -2.55. The van der Waals surface area contributed by atoms with Crippen molar-refractivity contribution in [2.45, 2.75) is 64.8 Å². The second kappa shape index (κ2) is 6.75. The lowest BCUT2D eigenvalue weighted by Gasteiger charge is -2.33. The van der Waals surface area contributed by atoms with E-state index in [0.29, 0.717) is 23.7 Å². The van der Waals surface area contributed by atoms with E-state index in [1.165, 1.54) is 0 Å². The summed E-state index contributed by atoms with van der Waals surface area (Å²) in [6.45, 7) is 8.57. The Balaban J connectivity index is 2.05. The predicted molar refractivity (Wildman–Crippen MR) is 97.5 cm³/mol. The second-order valence-electron chi connectivity index (χ2n) is 7.66. The highest BCUT2D eigenvalue weighted by molar-refractivity contribution is 6.06. The van der Waals surface area contributed by atoms with Crippen LogP contribution in [0, 0.1) is 5.92 Å². The highest BCUT2D eigenvalue weighted by atomic mass is 16.5. The molecular formula is C19H28N4O2. The minimum atomic E-state index is -0.464. The monoisotopic (exact) mass is 344 g/mol. The van der Waals surface area contributed by atoms with Crippen LogP contribution >= 0.6 is 0 Å². The normalized spacial score (nSPS) is 17.0. The maximum absolute atomic E-state index is 13.1. The van der Waals surface area contributed by atoms with Crippen LogP contribution in [0.25, 0.3) is 11.1 Å². The number of nitrogens with one attached hydrogen (secondary N) is 1. The zero-order valence-corrected chi connectivity index (χ0v) is 15.6. The maximum Gasteiger partial charge on any atom is 0.259 e. The molecule has 1 aliphatic carbocycles. The number of fused-ring (bicyclic) bond motifs is 1. The molecular weight excluding hydrogens is 316 g/mol. The predicted octanol–water partition coefficient (Wildman–Crippen LogP) is 3.16. The number of nitrogens with zero attached hydrogens (tertiary/aromatic N) is 2. The number of aryl methyl sites for hydroxylation is 1. The molecule has 2 heterocycles. The van der Waals surface area contributed by atoms with Gasteiger partial charge in [0.2, 0.25) is 0 Å². The van der Waals surface area contributed by atoms with Gasteiger partial charge in [-0.2, -0.15) is 0 Å². The SMILES string of the molecule is CCCc1noc2nc(C3CC3)cc(C(=O)NC(C)(CN)C(C)C)c12. The number of hydrogen-bond acceptors (Lipinski definition) is 5. The van der Waals surface area contributed by atoms with E-state index in [2.05, 4.69) is 36.2 Å². The summed E-state index contributed by atoms with van der Waals surface area (Å²) in [5.41, 5.74) is 8.28. The molecule has 1 amide bonds. The molecule has 1 saturated carbocycles. The Morgan fingerprint density at radius 2 is 2.20 bits per heavy atom. The van der Waals surface area contributed by atoms with Crippen LogP contribution < -0.4 is 11.1 Å². The third-order valence-corrected chi connectivity index (χ3v) is 5.36. The van der Waals surface area contributed by atoms with Crippen molar-refractivity contribution in [2.75, 3.05) is 6.54 Å². The first-order chi connectivity index (χ1) is 11.9. The number of carbonyl (C=O) groups is 1. The Labute approximate surface area is 148 Å². The average molecular weight is 344 g/mol. The number of rotatable bonds is 7. The lowest BCUT2D eigenvalue weighted by molar-refractivity contribution is 0.0884. The van der Waals surface area contributed by atoms with Gasteiger partial charge >= 0.3 is 0 Å². The lowest BCUT2D eigenvalue weighted by atomic mass is 9.88. The molecule has 0 spiro atoms. The van der Waals surface area contributed by atoms with Crippen molar-refractivity contribution >= 4 is 17.0 Å². The van der Waals surface area contributed by atoms with E-state index >= 15 is 0 Å². The van der Waals surface area contributed by atoms with Crippen molar-refractivity contribution < 1.29 is 9.32 Å². The molecule has 0 aromatic carbocycles. The summed E-state index contributed by atoms with van der Waals surface area (Å²) in [4.78, 5) is 17.7. The van der Waals surface area contributed by atoms with Gasteiger partial charge in [0.1, 0.15) is 0 Å². The first kappa shape index (κ1) is 17.9. The van der Waals surface area contributed by atoms with Gasteiger partial charge in [0.25, 0.3) is 11.6 Å². The van der Waals surface area contributed by atoms with Gasteiger partial charge in [0.15, 0.2) is 0 Å². The molecule has 0 radical (unpaired) electrons. The smallest absolute Gasteiger partial charge is 0.259 e. The number of hydrogen-bond donors (Lipinski definition) is 2.